The maximum absolute atomic E-state index is 12.7. The number of benzene rings is 2. The van der Waals surface area contributed by atoms with E-state index in [0.29, 0.717) is 23.0 Å². The van der Waals surface area contributed by atoms with Crippen LogP contribution in [-0.2, 0) is 13.6 Å². The van der Waals surface area contributed by atoms with E-state index in [9.17, 15) is 4.79 Å². The third-order valence-corrected chi connectivity index (χ3v) is 6.24. The van der Waals surface area contributed by atoms with Crippen molar-refractivity contribution in [1.82, 2.24) is 29.2 Å². The normalized spacial score (nSPS) is 18.5. The smallest absolute Gasteiger partial charge is 0.280 e. The van der Waals surface area contributed by atoms with E-state index in [1.165, 1.54) is 27.2 Å². The number of hydrogen-bond acceptors (Lipinski definition) is 6. The van der Waals surface area contributed by atoms with Crippen molar-refractivity contribution in [2.75, 3.05) is 0 Å². The number of hydrogen-bond donors (Lipinski definition) is 0. The van der Waals surface area contributed by atoms with Gasteiger partial charge >= 0.3 is 0 Å². The van der Waals surface area contributed by atoms with E-state index >= 15 is 0 Å². The first-order valence-corrected chi connectivity index (χ1v) is 10.3. The zero-order chi connectivity index (χ0) is 20.9. The summed E-state index contributed by atoms with van der Waals surface area (Å²) in [7, 11) is 1.77. The summed E-state index contributed by atoms with van der Waals surface area (Å²) in [5.41, 5.74) is 2.08. The summed E-state index contributed by atoms with van der Waals surface area (Å²) in [5, 5.41) is 6.71. The fraction of sp³-hybridized carbons (Fsp3) is 0.261. The van der Waals surface area contributed by atoms with E-state index in [0.717, 1.165) is 18.7 Å². The highest BCUT2D eigenvalue weighted by Crippen LogP contribution is 2.47. The topological polar surface area (TPSA) is 91.6 Å². The first-order valence-electron chi connectivity index (χ1n) is 10.3. The average Bonchev–Trinajstić information content (AvgIpc) is 3.36. The Morgan fingerprint density at radius 2 is 1.84 bits per heavy atom. The van der Waals surface area contributed by atoms with Gasteiger partial charge in [-0.05, 0) is 35.1 Å². The van der Waals surface area contributed by atoms with E-state index < -0.39 is 0 Å². The Labute approximate surface area is 177 Å². The molecule has 1 fully saturated rings. The van der Waals surface area contributed by atoms with Gasteiger partial charge in [0.2, 0.25) is 5.89 Å². The Balaban J connectivity index is 1.17. The monoisotopic (exact) mass is 412 g/mol. The van der Waals surface area contributed by atoms with Crippen LogP contribution in [0.4, 0.5) is 0 Å². The van der Waals surface area contributed by atoms with Crippen molar-refractivity contribution < 1.29 is 4.52 Å². The summed E-state index contributed by atoms with van der Waals surface area (Å²) in [6, 6.07) is 15.1. The second-order valence-corrected chi connectivity index (χ2v) is 8.22. The molecule has 1 aliphatic carbocycles. The molecule has 5 aromatic rings. The van der Waals surface area contributed by atoms with Crippen molar-refractivity contribution in [3.63, 3.8) is 0 Å². The molecular formula is C23H20N6O2. The SMILES string of the molecule is Cn1cnc2ncn(Cc3nc(C4CC(c5ccc6ccccc6c5)C4)no3)c(=O)c21. The van der Waals surface area contributed by atoms with Gasteiger partial charge in [-0.15, -0.1) is 0 Å². The highest BCUT2D eigenvalue weighted by Gasteiger charge is 2.34. The fourth-order valence-corrected chi connectivity index (χ4v) is 4.39. The summed E-state index contributed by atoms with van der Waals surface area (Å²) in [4.78, 5) is 25.6. The maximum Gasteiger partial charge on any atom is 0.280 e. The van der Waals surface area contributed by atoms with Gasteiger partial charge in [0.15, 0.2) is 17.0 Å². The van der Waals surface area contributed by atoms with Crippen molar-refractivity contribution >= 4 is 21.9 Å². The molecule has 0 aliphatic heterocycles. The molecule has 6 rings (SSSR count). The van der Waals surface area contributed by atoms with E-state index in [1.54, 1.807) is 17.9 Å². The van der Waals surface area contributed by atoms with Gasteiger partial charge in [0.25, 0.3) is 5.56 Å². The van der Waals surface area contributed by atoms with Crippen LogP contribution in [0.1, 0.15) is 42.0 Å². The summed E-state index contributed by atoms with van der Waals surface area (Å²) in [6.45, 7) is 0.195. The van der Waals surface area contributed by atoms with Crippen LogP contribution >= 0.6 is 0 Å². The van der Waals surface area contributed by atoms with Gasteiger partial charge in [-0.25, -0.2) is 9.97 Å². The third-order valence-electron chi connectivity index (χ3n) is 6.24. The molecule has 0 atom stereocenters. The molecule has 3 heterocycles. The Bertz CT molecular complexity index is 1470. The number of imidazole rings is 1. The van der Waals surface area contributed by atoms with Crippen LogP contribution in [0.15, 0.2) is 64.4 Å². The van der Waals surface area contributed by atoms with Crippen molar-refractivity contribution in [1.29, 1.82) is 0 Å². The summed E-state index contributed by atoms with van der Waals surface area (Å²) in [6.07, 6.45) is 5.05. The van der Waals surface area contributed by atoms with Crippen LogP contribution in [-0.4, -0.2) is 29.2 Å². The zero-order valence-corrected chi connectivity index (χ0v) is 17.0. The van der Waals surface area contributed by atoms with Crippen molar-refractivity contribution in [2.24, 2.45) is 7.05 Å². The van der Waals surface area contributed by atoms with Gasteiger partial charge in [0.05, 0.1) is 6.33 Å². The number of rotatable bonds is 4. The minimum absolute atomic E-state index is 0.176. The summed E-state index contributed by atoms with van der Waals surface area (Å²) >= 11 is 0. The molecule has 8 nitrogen and oxygen atoms in total. The second-order valence-electron chi connectivity index (χ2n) is 8.22. The molecule has 31 heavy (non-hydrogen) atoms. The molecule has 1 saturated carbocycles. The lowest BCUT2D eigenvalue weighted by Crippen LogP contribution is -2.23. The molecule has 0 amide bonds. The average molecular weight is 412 g/mol. The van der Waals surface area contributed by atoms with Crippen LogP contribution in [0, 0.1) is 0 Å². The quantitative estimate of drug-likeness (QED) is 0.449. The standard InChI is InChI=1S/C23H20N6O2/c1-28-12-24-22-20(28)23(30)29(13-25-22)11-19-26-21(27-31-19)18-9-17(10-18)16-7-6-14-4-2-3-5-15(14)8-16/h2-8,12-13,17-18H,9-11H2,1H3. The van der Waals surface area contributed by atoms with Crippen LogP contribution in [0.2, 0.25) is 0 Å². The molecule has 0 N–H and O–H groups in total. The molecule has 2 aromatic carbocycles. The van der Waals surface area contributed by atoms with E-state index in [4.69, 9.17) is 4.52 Å². The van der Waals surface area contributed by atoms with Gasteiger partial charge in [0, 0.05) is 13.0 Å². The number of nitrogens with zero attached hydrogens (tertiary/aromatic N) is 6. The predicted octanol–water partition coefficient (Wildman–Crippen LogP) is 3.38. The highest BCUT2D eigenvalue weighted by atomic mass is 16.5. The molecule has 0 unspecified atom stereocenters. The minimum atomic E-state index is -0.176. The van der Waals surface area contributed by atoms with Crippen LogP contribution in [0.5, 0.6) is 0 Å². The van der Waals surface area contributed by atoms with E-state index in [2.05, 4.69) is 62.6 Å². The molecular weight excluding hydrogens is 392 g/mol. The zero-order valence-electron chi connectivity index (χ0n) is 17.0. The lowest BCUT2D eigenvalue weighted by Gasteiger charge is -2.33. The van der Waals surface area contributed by atoms with E-state index in [-0.39, 0.29) is 18.0 Å². The summed E-state index contributed by atoms with van der Waals surface area (Å²) in [5.74, 6) is 1.92. The fourth-order valence-electron chi connectivity index (χ4n) is 4.39. The Morgan fingerprint density at radius 1 is 1.03 bits per heavy atom. The van der Waals surface area contributed by atoms with Gasteiger partial charge < -0.3 is 9.09 Å². The minimum Gasteiger partial charge on any atom is -0.337 e. The lowest BCUT2D eigenvalue weighted by molar-refractivity contribution is 0.315. The van der Waals surface area contributed by atoms with Crippen molar-refractivity contribution in [3.05, 3.63) is 82.8 Å². The number of aryl methyl sites for hydroxylation is 1. The molecule has 1 aliphatic rings. The Hall–Kier alpha value is -3.81. The van der Waals surface area contributed by atoms with Crippen LogP contribution in [0.25, 0.3) is 21.9 Å². The molecule has 0 spiro atoms. The van der Waals surface area contributed by atoms with Gasteiger partial charge in [-0.2, -0.15) is 4.98 Å². The highest BCUT2D eigenvalue weighted by molar-refractivity contribution is 5.83. The lowest BCUT2D eigenvalue weighted by atomic mass is 9.71. The number of fused-ring (bicyclic) bond motifs is 2. The van der Waals surface area contributed by atoms with Crippen molar-refractivity contribution in [3.8, 4) is 0 Å². The molecule has 3 aromatic heterocycles. The number of aromatic nitrogens is 6. The molecule has 0 saturated heterocycles. The molecule has 154 valence electrons. The Morgan fingerprint density at radius 3 is 2.71 bits per heavy atom. The van der Waals surface area contributed by atoms with Gasteiger partial charge in [-0.1, -0.05) is 47.6 Å². The van der Waals surface area contributed by atoms with Crippen LogP contribution in [0.3, 0.4) is 0 Å². The van der Waals surface area contributed by atoms with Crippen molar-refractivity contribution in [2.45, 2.75) is 31.2 Å². The molecule has 8 heteroatoms. The molecule has 0 bridgehead atoms. The van der Waals surface area contributed by atoms with Gasteiger partial charge in [-0.3, -0.25) is 9.36 Å². The molecule has 0 radical (unpaired) electrons. The third kappa shape index (κ3) is 3.02. The first kappa shape index (κ1) is 18.0. The van der Waals surface area contributed by atoms with Gasteiger partial charge in [0.1, 0.15) is 12.9 Å². The Kier molecular flexibility index (Phi) is 3.99. The maximum atomic E-state index is 12.7. The van der Waals surface area contributed by atoms with E-state index in [1.807, 2.05) is 0 Å². The summed E-state index contributed by atoms with van der Waals surface area (Å²) < 4.78 is 8.57. The largest absolute Gasteiger partial charge is 0.337 e. The first-order chi connectivity index (χ1) is 15.2. The predicted molar refractivity (Wildman–Crippen MR) is 115 cm³/mol. The second kappa shape index (κ2) is 6.87. The van der Waals surface area contributed by atoms with Crippen LogP contribution < -0.4 is 5.56 Å².